The maximum Gasteiger partial charge on any atom is 0.229 e. The van der Waals surface area contributed by atoms with Crippen LogP contribution >= 0.6 is 22.7 Å². The zero-order valence-electron chi connectivity index (χ0n) is 17.5. The summed E-state index contributed by atoms with van der Waals surface area (Å²) in [5.74, 6) is 1.11. The van der Waals surface area contributed by atoms with Crippen LogP contribution in [0.3, 0.4) is 0 Å². The van der Waals surface area contributed by atoms with Gasteiger partial charge in [-0.1, -0.05) is 29.8 Å². The minimum atomic E-state index is 0.151. The average Bonchev–Trinajstić information content (AvgIpc) is 3.40. The Labute approximate surface area is 189 Å². The second-order valence-electron chi connectivity index (χ2n) is 7.82. The van der Waals surface area contributed by atoms with E-state index in [2.05, 4.69) is 56.4 Å². The monoisotopic (exact) mass is 449 g/mol. The number of hydrogen-bond donors (Lipinski definition) is 0. The smallest absolute Gasteiger partial charge is 0.229 e. The van der Waals surface area contributed by atoms with Gasteiger partial charge in [-0.2, -0.15) is 0 Å². The molecule has 4 heterocycles. The number of piperazine rings is 1. The van der Waals surface area contributed by atoms with Gasteiger partial charge in [0.1, 0.15) is 22.0 Å². The second kappa shape index (κ2) is 8.36. The van der Waals surface area contributed by atoms with Crippen molar-refractivity contribution in [3.05, 3.63) is 57.6 Å². The Morgan fingerprint density at radius 2 is 1.77 bits per heavy atom. The van der Waals surface area contributed by atoms with Crippen LogP contribution in [0.5, 0.6) is 0 Å². The van der Waals surface area contributed by atoms with Crippen molar-refractivity contribution in [1.82, 2.24) is 19.9 Å². The van der Waals surface area contributed by atoms with Gasteiger partial charge >= 0.3 is 0 Å². The molecular formula is C23H23N5OS2. The highest BCUT2D eigenvalue weighted by Crippen LogP contribution is 2.38. The molecule has 1 aromatic carbocycles. The van der Waals surface area contributed by atoms with E-state index in [9.17, 15) is 4.79 Å². The number of aryl methyl sites for hydroxylation is 2. The highest BCUT2D eigenvalue weighted by atomic mass is 32.1. The molecule has 3 aromatic heterocycles. The number of benzene rings is 1. The number of thiazole rings is 1. The highest BCUT2D eigenvalue weighted by Gasteiger charge is 2.25. The van der Waals surface area contributed by atoms with Gasteiger partial charge in [0, 0.05) is 48.2 Å². The SMILES string of the molecule is Cc1ccc(-c2csc3ncnc(N4CCN(C(=O)Cc5nc(C)cs5)CC4)c23)cc1. The van der Waals surface area contributed by atoms with Gasteiger partial charge in [-0.05, 0) is 19.4 Å². The van der Waals surface area contributed by atoms with Crippen molar-refractivity contribution < 1.29 is 4.79 Å². The summed E-state index contributed by atoms with van der Waals surface area (Å²) in [5.41, 5.74) is 4.58. The number of carbonyl (C=O) groups is 1. The first-order valence-electron chi connectivity index (χ1n) is 10.3. The summed E-state index contributed by atoms with van der Waals surface area (Å²) in [5, 5.41) is 6.16. The van der Waals surface area contributed by atoms with Crippen LogP contribution in [0.1, 0.15) is 16.3 Å². The standard InChI is InChI=1S/C23H23N5OS2/c1-15-3-5-17(6-4-15)18-13-31-23-21(18)22(24-14-25-23)28-9-7-27(8-10-28)20(29)11-19-26-16(2)12-30-19/h3-6,12-14H,7-11H2,1-2H3. The normalized spacial score (nSPS) is 14.4. The molecule has 4 aromatic rings. The van der Waals surface area contributed by atoms with E-state index in [0.29, 0.717) is 19.5 Å². The summed E-state index contributed by atoms with van der Waals surface area (Å²) in [6.07, 6.45) is 2.04. The van der Waals surface area contributed by atoms with Crippen molar-refractivity contribution in [2.45, 2.75) is 20.3 Å². The lowest BCUT2D eigenvalue weighted by atomic mass is 10.0. The average molecular weight is 450 g/mol. The molecule has 8 heteroatoms. The minimum absolute atomic E-state index is 0.151. The minimum Gasteiger partial charge on any atom is -0.352 e. The predicted octanol–water partition coefficient (Wildman–Crippen LogP) is 4.32. The van der Waals surface area contributed by atoms with Crippen molar-refractivity contribution in [2.24, 2.45) is 0 Å². The Balaban J connectivity index is 1.35. The molecule has 0 radical (unpaired) electrons. The second-order valence-corrected chi connectivity index (χ2v) is 9.62. The molecule has 6 nitrogen and oxygen atoms in total. The van der Waals surface area contributed by atoms with Gasteiger partial charge < -0.3 is 9.80 Å². The lowest BCUT2D eigenvalue weighted by Crippen LogP contribution is -2.49. The molecule has 0 atom stereocenters. The molecule has 158 valence electrons. The molecule has 0 aliphatic carbocycles. The van der Waals surface area contributed by atoms with Crippen LogP contribution in [0.4, 0.5) is 5.82 Å². The zero-order valence-corrected chi connectivity index (χ0v) is 19.2. The number of fused-ring (bicyclic) bond motifs is 1. The topological polar surface area (TPSA) is 62.2 Å². The van der Waals surface area contributed by atoms with Crippen molar-refractivity contribution >= 4 is 44.6 Å². The third-order valence-electron chi connectivity index (χ3n) is 5.61. The highest BCUT2D eigenvalue weighted by molar-refractivity contribution is 7.17. The Morgan fingerprint density at radius 1 is 1.00 bits per heavy atom. The van der Waals surface area contributed by atoms with Crippen molar-refractivity contribution in [3.8, 4) is 11.1 Å². The van der Waals surface area contributed by atoms with Gasteiger partial charge in [-0.15, -0.1) is 22.7 Å². The Kier molecular flexibility index (Phi) is 5.41. The first-order valence-corrected chi connectivity index (χ1v) is 12.1. The molecule has 0 spiro atoms. The fourth-order valence-electron chi connectivity index (χ4n) is 3.94. The summed E-state index contributed by atoms with van der Waals surface area (Å²) in [4.78, 5) is 31.5. The summed E-state index contributed by atoms with van der Waals surface area (Å²) >= 11 is 3.21. The molecule has 0 N–H and O–H groups in total. The summed E-state index contributed by atoms with van der Waals surface area (Å²) in [7, 11) is 0. The Hall–Kier alpha value is -2.84. The van der Waals surface area contributed by atoms with Crippen LogP contribution in [0, 0.1) is 13.8 Å². The molecule has 5 rings (SSSR count). The first-order chi connectivity index (χ1) is 15.1. The van der Waals surface area contributed by atoms with E-state index in [1.807, 2.05) is 17.2 Å². The summed E-state index contributed by atoms with van der Waals surface area (Å²) < 4.78 is 0. The zero-order chi connectivity index (χ0) is 21.4. The van der Waals surface area contributed by atoms with Crippen molar-refractivity contribution in [2.75, 3.05) is 31.1 Å². The van der Waals surface area contributed by atoms with Gasteiger partial charge in [0.05, 0.1) is 11.8 Å². The lowest BCUT2D eigenvalue weighted by molar-refractivity contribution is -0.130. The number of amides is 1. The number of aromatic nitrogens is 3. The molecule has 0 saturated carbocycles. The fourth-order valence-corrected chi connectivity index (χ4v) is 5.61. The molecule has 1 aliphatic heterocycles. The molecule has 1 aliphatic rings. The molecule has 0 bridgehead atoms. The predicted molar refractivity (Wildman–Crippen MR) is 127 cm³/mol. The van der Waals surface area contributed by atoms with Crippen LogP contribution in [0.2, 0.25) is 0 Å². The van der Waals surface area contributed by atoms with Crippen molar-refractivity contribution in [1.29, 1.82) is 0 Å². The van der Waals surface area contributed by atoms with Crippen molar-refractivity contribution in [3.63, 3.8) is 0 Å². The maximum absolute atomic E-state index is 12.7. The first kappa shape index (κ1) is 20.1. The van der Waals surface area contributed by atoms with Crippen LogP contribution in [0.25, 0.3) is 21.3 Å². The summed E-state index contributed by atoms with van der Waals surface area (Å²) in [6, 6.07) is 8.59. The van der Waals surface area contributed by atoms with Gasteiger partial charge in [-0.25, -0.2) is 15.0 Å². The van der Waals surface area contributed by atoms with E-state index in [-0.39, 0.29) is 5.91 Å². The quantitative estimate of drug-likeness (QED) is 0.464. The van der Waals surface area contributed by atoms with E-state index in [1.165, 1.54) is 16.7 Å². The number of hydrogen-bond acceptors (Lipinski definition) is 7. The van der Waals surface area contributed by atoms with Crippen LogP contribution in [-0.2, 0) is 11.2 Å². The van der Waals surface area contributed by atoms with Gasteiger partial charge in [0.2, 0.25) is 5.91 Å². The van der Waals surface area contributed by atoms with Gasteiger partial charge in [0.25, 0.3) is 0 Å². The molecular weight excluding hydrogens is 426 g/mol. The number of rotatable bonds is 4. The maximum atomic E-state index is 12.7. The molecule has 1 fully saturated rings. The third-order valence-corrected chi connectivity index (χ3v) is 7.47. The number of nitrogens with zero attached hydrogens (tertiary/aromatic N) is 5. The summed E-state index contributed by atoms with van der Waals surface area (Å²) in [6.45, 7) is 6.97. The molecule has 31 heavy (non-hydrogen) atoms. The molecule has 1 amide bonds. The van der Waals surface area contributed by atoms with E-state index >= 15 is 0 Å². The van der Waals surface area contributed by atoms with E-state index < -0.39 is 0 Å². The molecule has 0 unspecified atom stereocenters. The fraction of sp³-hybridized carbons (Fsp3) is 0.304. The van der Waals surface area contributed by atoms with Crippen LogP contribution in [0.15, 0.2) is 41.4 Å². The van der Waals surface area contributed by atoms with E-state index in [4.69, 9.17) is 0 Å². The van der Waals surface area contributed by atoms with Gasteiger partial charge in [0.15, 0.2) is 0 Å². The van der Waals surface area contributed by atoms with Gasteiger partial charge in [-0.3, -0.25) is 4.79 Å². The Bertz CT molecular complexity index is 1220. The third kappa shape index (κ3) is 4.05. The largest absolute Gasteiger partial charge is 0.352 e. The number of anilines is 1. The van der Waals surface area contributed by atoms with Crippen LogP contribution < -0.4 is 4.90 Å². The van der Waals surface area contributed by atoms with E-state index in [1.54, 1.807) is 29.0 Å². The number of carbonyl (C=O) groups excluding carboxylic acids is 1. The number of thiophene rings is 1. The lowest BCUT2D eigenvalue weighted by Gasteiger charge is -2.35. The Morgan fingerprint density at radius 3 is 2.48 bits per heavy atom. The van der Waals surface area contributed by atoms with E-state index in [0.717, 1.165) is 39.8 Å². The van der Waals surface area contributed by atoms with Crippen LogP contribution in [-0.4, -0.2) is 51.9 Å². The molecule has 1 saturated heterocycles.